The van der Waals surface area contributed by atoms with E-state index in [4.69, 9.17) is 4.84 Å². The lowest BCUT2D eigenvalue weighted by molar-refractivity contribution is 0.0525. The summed E-state index contributed by atoms with van der Waals surface area (Å²) >= 11 is 1.33. The van der Waals surface area contributed by atoms with Gasteiger partial charge in [-0.25, -0.2) is 4.79 Å². The molecule has 0 unspecified atom stereocenters. The van der Waals surface area contributed by atoms with Gasteiger partial charge in [0.1, 0.15) is 4.88 Å². The van der Waals surface area contributed by atoms with Crippen molar-refractivity contribution in [3.63, 3.8) is 0 Å². The van der Waals surface area contributed by atoms with Gasteiger partial charge in [-0.15, -0.1) is 11.3 Å². The third kappa shape index (κ3) is 3.39. The van der Waals surface area contributed by atoms with Gasteiger partial charge in [0.05, 0.1) is 17.4 Å². The molecule has 0 radical (unpaired) electrons. The van der Waals surface area contributed by atoms with Crippen LogP contribution < -0.4 is 0 Å². The summed E-state index contributed by atoms with van der Waals surface area (Å²) in [6, 6.07) is 3.50. The topological polar surface area (TPSA) is 56.5 Å². The van der Waals surface area contributed by atoms with E-state index < -0.39 is 5.97 Å². The molecule has 2 heterocycles. The van der Waals surface area contributed by atoms with Gasteiger partial charge in [-0.3, -0.25) is 4.68 Å². The number of nitrogens with zero attached hydrogens (tertiary/aromatic N) is 3. The molecule has 0 saturated heterocycles. The third-order valence-electron chi connectivity index (χ3n) is 3.02. The Bertz CT molecular complexity index is 664. The molecule has 0 amide bonds. The highest BCUT2D eigenvalue weighted by molar-refractivity contribution is 7.11. The van der Waals surface area contributed by atoms with Gasteiger partial charge in [0.25, 0.3) is 0 Å². The zero-order chi connectivity index (χ0) is 15.6. The highest BCUT2D eigenvalue weighted by Gasteiger charge is 2.20. The van der Waals surface area contributed by atoms with Crippen LogP contribution in [0.4, 0.5) is 0 Å². The maximum Gasteiger partial charge on any atom is 0.375 e. The van der Waals surface area contributed by atoms with Crippen LogP contribution in [0.2, 0.25) is 0 Å². The van der Waals surface area contributed by atoms with Gasteiger partial charge in [0.2, 0.25) is 0 Å². The maximum atomic E-state index is 11.7. The summed E-state index contributed by atoms with van der Waals surface area (Å²) in [5.41, 5.74) is 2.63. The quantitative estimate of drug-likeness (QED) is 0.495. The molecule has 0 spiro atoms. The molecule has 0 N–H and O–H groups in total. The van der Waals surface area contributed by atoms with Gasteiger partial charge in [0.15, 0.2) is 0 Å². The Morgan fingerprint density at radius 1 is 1.43 bits per heavy atom. The minimum atomic E-state index is -0.445. The normalized spacial score (nSPS) is 12.0. The van der Waals surface area contributed by atoms with Crippen molar-refractivity contribution in [2.45, 2.75) is 40.2 Å². The average Bonchev–Trinajstić information content (AvgIpc) is 3.00. The molecule has 21 heavy (non-hydrogen) atoms. The first kappa shape index (κ1) is 15.4. The third-order valence-corrected chi connectivity index (χ3v) is 3.87. The van der Waals surface area contributed by atoms with Crippen LogP contribution >= 0.6 is 11.3 Å². The minimum Gasteiger partial charge on any atom is -0.312 e. The minimum absolute atomic E-state index is 0.103. The smallest absolute Gasteiger partial charge is 0.312 e. The first-order chi connectivity index (χ1) is 9.80. The van der Waals surface area contributed by atoms with Gasteiger partial charge in [-0.2, -0.15) is 5.10 Å². The van der Waals surface area contributed by atoms with Crippen LogP contribution in [0.25, 0.3) is 0 Å². The first-order valence-corrected chi connectivity index (χ1v) is 7.53. The molecular weight excluding hydrogens is 286 g/mol. The predicted molar refractivity (Wildman–Crippen MR) is 84.0 cm³/mol. The van der Waals surface area contributed by atoms with Crippen LogP contribution in [0, 0.1) is 13.8 Å². The Morgan fingerprint density at radius 3 is 2.67 bits per heavy atom. The fourth-order valence-electron chi connectivity index (χ4n) is 2.06. The van der Waals surface area contributed by atoms with Crippen molar-refractivity contribution in [1.29, 1.82) is 0 Å². The monoisotopic (exact) mass is 305 g/mol. The van der Waals surface area contributed by atoms with Crippen LogP contribution in [0.3, 0.4) is 0 Å². The number of thiophene rings is 1. The number of oxime groups is 1. The highest BCUT2D eigenvalue weighted by atomic mass is 32.1. The summed E-state index contributed by atoms with van der Waals surface area (Å²) in [6.07, 6.45) is 1.55. The maximum absolute atomic E-state index is 11.7. The second kappa shape index (κ2) is 5.81. The van der Waals surface area contributed by atoms with E-state index >= 15 is 0 Å². The molecule has 0 aliphatic rings. The van der Waals surface area contributed by atoms with E-state index in [-0.39, 0.29) is 5.54 Å². The van der Waals surface area contributed by atoms with Crippen molar-refractivity contribution in [1.82, 2.24) is 9.78 Å². The highest BCUT2D eigenvalue weighted by Crippen LogP contribution is 2.20. The van der Waals surface area contributed by atoms with E-state index in [0.717, 1.165) is 17.0 Å². The number of rotatable bonds is 3. The molecule has 0 aromatic carbocycles. The molecular formula is C15H19N3O2S. The summed E-state index contributed by atoms with van der Waals surface area (Å²) in [4.78, 5) is 17.1. The lowest BCUT2D eigenvalue weighted by atomic mass is 10.1. The SMILES string of the molecule is Cc1nn(C(C)(C)C)c(C)c1/C=N\OC(=O)c1cccs1. The molecule has 5 nitrogen and oxygen atoms in total. The van der Waals surface area contributed by atoms with Gasteiger partial charge in [0, 0.05) is 11.3 Å². The lowest BCUT2D eigenvalue weighted by Gasteiger charge is -2.21. The van der Waals surface area contributed by atoms with Crippen molar-refractivity contribution in [2.75, 3.05) is 0 Å². The molecule has 6 heteroatoms. The van der Waals surface area contributed by atoms with Crippen LogP contribution in [-0.4, -0.2) is 22.0 Å². The molecule has 0 aliphatic heterocycles. The van der Waals surface area contributed by atoms with Crippen LogP contribution in [-0.2, 0) is 10.4 Å². The van der Waals surface area contributed by atoms with E-state index in [1.54, 1.807) is 18.3 Å². The number of carbonyl (C=O) groups is 1. The van der Waals surface area contributed by atoms with Crippen LogP contribution in [0.1, 0.15) is 47.4 Å². The summed E-state index contributed by atoms with van der Waals surface area (Å²) < 4.78 is 1.95. The standard InChI is InChI=1S/C15H19N3O2S/c1-10-12(11(2)18(17-10)15(3,4)5)9-16-20-14(19)13-7-6-8-21-13/h6-9H,1-5H3/b16-9-. The summed E-state index contributed by atoms with van der Waals surface area (Å²) in [5.74, 6) is -0.445. The van der Waals surface area contributed by atoms with Crippen molar-refractivity contribution < 1.29 is 9.63 Å². The number of aromatic nitrogens is 2. The van der Waals surface area contributed by atoms with Gasteiger partial charge >= 0.3 is 5.97 Å². The van der Waals surface area contributed by atoms with Crippen molar-refractivity contribution in [3.05, 3.63) is 39.3 Å². The molecule has 2 aromatic heterocycles. The Labute approximate surface area is 128 Å². The first-order valence-electron chi connectivity index (χ1n) is 6.65. The zero-order valence-corrected chi connectivity index (χ0v) is 13.7. The Morgan fingerprint density at radius 2 is 2.14 bits per heavy atom. The molecule has 2 aromatic rings. The fraction of sp³-hybridized carbons (Fsp3) is 0.400. The predicted octanol–water partition coefficient (Wildman–Crippen LogP) is 3.51. The summed E-state index contributed by atoms with van der Waals surface area (Å²) in [7, 11) is 0. The number of hydrogen-bond donors (Lipinski definition) is 0. The Balaban J connectivity index is 2.15. The average molecular weight is 305 g/mol. The number of hydrogen-bond acceptors (Lipinski definition) is 5. The van der Waals surface area contributed by atoms with Crippen molar-refractivity contribution in [3.8, 4) is 0 Å². The molecule has 2 rings (SSSR count). The van der Waals surface area contributed by atoms with E-state index in [9.17, 15) is 4.79 Å². The van der Waals surface area contributed by atoms with Gasteiger partial charge in [-0.05, 0) is 46.1 Å². The van der Waals surface area contributed by atoms with E-state index in [1.807, 2.05) is 23.9 Å². The summed E-state index contributed by atoms with van der Waals surface area (Å²) in [5, 5.41) is 10.1. The van der Waals surface area contributed by atoms with E-state index in [1.165, 1.54) is 11.3 Å². The van der Waals surface area contributed by atoms with E-state index in [0.29, 0.717) is 4.88 Å². The van der Waals surface area contributed by atoms with Gasteiger partial charge in [-0.1, -0.05) is 11.2 Å². The van der Waals surface area contributed by atoms with Crippen molar-refractivity contribution >= 4 is 23.5 Å². The second-order valence-corrected chi connectivity index (χ2v) is 6.71. The Hall–Kier alpha value is -1.95. The number of aryl methyl sites for hydroxylation is 1. The Kier molecular flexibility index (Phi) is 4.27. The van der Waals surface area contributed by atoms with Crippen LogP contribution in [0.5, 0.6) is 0 Å². The summed E-state index contributed by atoms with van der Waals surface area (Å²) in [6.45, 7) is 10.2. The molecule has 0 atom stereocenters. The molecule has 112 valence electrons. The zero-order valence-electron chi connectivity index (χ0n) is 12.9. The second-order valence-electron chi connectivity index (χ2n) is 5.76. The molecule has 0 aliphatic carbocycles. The van der Waals surface area contributed by atoms with E-state index in [2.05, 4.69) is 31.0 Å². The molecule has 0 fully saturated rings. The fourth-order valence-corrected chi connectivity index (χ4v) is 2.66. The largest absolute Gasteiger partial charge is 0.375 e. The number of carbonyl (C=O) groups excluding carboxylic acids is 1. The van der Waals surface area contributed by atoms with Gasteiger partial charge < -0.3 is 4.84 Å². The van der Waals surface area contributed by atoms with Crippen LogP contribution in [0.15, 0.2) is 22.7 Å². The molecule has 0 saturated carbocycles. The van der Waals surface area contributed by atoms with Crippen molar-refractivity contribution in [2.24, 2.45) is 5.16 Å². The molecule has 0 bridgehead atoms. The lowest BCUT2D eigenvalue weighted by Crippen LogP contribution is -2.24.